The topological polar surface area (TPSA) is 46.5 Å². The van der Waals surface area contributed by atoms with E-state index in [0.717, 1.165) is 18.2 Å². The number of hydrogen-bond acceptors (Lipinski definition) is 2. The zero-order valence-corrected chi connectivity index (χ0v) is 9.06. The predicted molar refractivity (Wildman–Crippen MR) is 59.8 cm³/mol. The molecule has 5 heteroatoms. The monoisotopic (exact) mass is 250 g/mol. The van der Waals surface area contributed by atoms with Gasteiger partial charge in [0, 0.05) is 6.07 Å². The Hall–Kier alpha value is -2.43. The molecule has 0 radical (unpaired) electrons. The molecule has 0 aliphatic heterocycles. The lowest BCUT2D eigenvalue weighted by Gasteiger charge is -2.06. The van der Waals surface area contributed by atoms with E-state index in [1.165, 1.54) is 24.3 Å². The van der Waals surface area contributed by atoms with Crippen LogP contribution in [0.2, 0.25) is 0 Å². The molecular weight excluding hydrogens is 242 g/mol. The van der Waals surface area contributed by atoms with Crippen LogP contribution in [0.25, 0.3) is 0 Å². The average Bonchev–Trinajstić information content (AvgIpc) is 2.34. The largest absolute Gasteiger partial charge is 0.478 e. The van der Waals surface area contributed by atoms with Gasteiger partial charge in [-0.05, 0) is 36.4 Å². The van der Waals surface area contributed by atoms with E-state index in [1.54, 1.807) is 0 Å². The Bertz CT molecular complexity index is 579. The summed E-state index contributed by atoms with van der Waals surface area (Å²) in [5.74, 6) is -2.41. The lowest BCUT2D eigenvalue weighted by Crippen LogP contribution is -1.95. The second-order valence-electron chi connectivity index (χ2n) is 3.51. The van der Waals surface area contributed by atoms with Crippen LogP contribution in [0.5, 0.6) is 11.5 Å². The number of hydrogen-bond donors (Lipinski definition) is 1. The second-order valence-corrected chi connectivity index (χ2v) is 3.51. The minimum absolute atomic E-state index is 0.0852. The van der Waals surface area contributed by atoms with Gasteiger partial charge in [0.15, 0.2) is 11.6 Å². The predicted octanol–water partition coefficient (Wildman–Crippen LogP) is 3.46. The Labute approximate surface area is 101 Å². The molecule has 0 saturated carbocycles. The molecule has 1 N–H and O–H groups in total. The minimum Gasteiger partial charge on any atom is -0.478 e. The molecule has 0 unspecified atom stereocenters. The lowest BCUT2D eigenvalue weighted by atomic mass is 10.2. The van der Waals surface area contributed by atoms with Crippen molar-refractivity contribution in [1.29, 1.82) is 0 Å². The standard InChI is InChI=1S/C13H8F2O3/c14-9-3-6-11(15)12(7-9)18-10-4-1-8(2-5-10)13(16)17/h1-7H,(H,16,17). The Morgan fingerprint density at radius 1 is 1.06 bits per heavy atom. The molecule has 0 amide bonds. The second kappa shape index (κ2) is 4.83. The highest BCUT2D eigenvalue weighted by Gasteiger charge is 2.07. The van der Waals surface area contributed by atoms with E-state index in [-0.39, 0.29) is 17.1 Å². The molecule has 2 rings (SSSR count). The molecule has 2 aromatic carbocycles. The van der Waals surface area contributed by atoms with Crippen molar-refractivity contribution in [2.75, 3.05) is 0 Å². The van der Waals surface area contributed by atoms with E-state index < -0.39 is 17.6 Å². The number of carboxylic acid groups (broad SMARTS) is 1. The van der Waals surface area contributed by atoms with Crippen LogP contribution in [-0.2, 0) is 0 Å². The molecule has 0 bridgehead atoms. The van der Waals surface area contributed by atoms with Crippen molar-refractivity contribution in [3.63, 3.8) is 0 Å². The number of aromatic carboxylic acids is 1. The fourth-order valence-electron chi connectivity index (χ4n) is 1.35. The molecule has 0 spiro atoms. The molecular formula is C13H8F2O3. The SMILES string of the molecule is O=C(O)c1ccc(Oc2cc(F)ccc2F)cc1. The van der Waals surface area contributed by atoms with Crippen molar-refractivity contribution in [2.45, 2.75) is 0 Å². The number of carboxylic acids is 1. The fraction of sp³-hybridized carbons (Fsp3) is 0. The Morgan fingerprint density at radius 3 is 2.33 bits per heavy atom. The van der Waals surface area contributed by atoms with Gasteiger partial charge in [-0.1, -0.05) is 0 Å². The van der Waals surface area contributed by atoms with Gasteiger partial charge in [-0.3, -0.25) is 0 Å². The van der Waals surface area contributed by atoms with Gasteiger partial charge < -0.3 is 9.84 Å². The third kappa shape index (κ3) is 2.63. The van der Waals surface area contributed by atoms with Gasteiger partial charge in [0.2, 0.25) is 0 Å². The summed E-state index contributed by atoms with van der Waals surface area (Å²) in [7, 11) is 0. The first-order valence-corrected chi connectivity index (χ1v) is 5.02. The van der Waals surface area contributed by atoms with Crippen molar-refractivity contribution in [1.82, 2.24) is 0 Å². The highest BCUT2D eigenvalue weighted by Crippen LogP contribution is 2.25. The van der Waals surface area contributed by atoms with Gasteiger partial charge in [-0.25, -0.2) is 13.6 Å². The molecule has 0 aromatic heterocycles. The average molecular weight is 250 g/mol. The van der Waals surface area contributed by atoms with Crippen LogP contribution in [0.3, 0.4) is 0 Å². The molecule has 18 heavy (non-hydrogen) atoms. The summed E-state index contributed by atoms with van der Waals surface area (Å²) in [6.07, 6.45) is 0. The van der Waals surface area contributed by atoms with Gasteiger partial charge in [0.1, 0.15) is 11.6 Å². The summed E-state index contributed by atoms with van der Waals surface area (Å²) in [5.41, 5.74) is 0.0852. The van der Waals surface area contributed by atoms with Gasteiger partial charge in [0.25, 0.3) is 0 Å². The molecule has 0 heterocycles. The van der Waals surface area contributed by atoms with E-state index in [9.17, 15) is 13.6 Å². The molecule has 92 valence electrons. The number of ether oxygens (including phenoxy) is 1. The molecule has 0 aliphatic carbocycles. The molecule has 0 fully saturated rings. The summed E-state index contributed by atoms with van der Waals surface area (Å²) in [6.45, 7) is 0. The van der Waals surface area contributed by atoms with Crippen LogP contribution in [0.4, 0.5) is 8.78 Å². The van der Waals surface area contributed by atoms with Gasteiger partial charge >= 0.3 is 5.97 Å². The highest BCUT2D eigenvalue weighted by molar-refractivity contribution is 5.87. The first kappa shape index (κ1) is 12.0. The number of carbonyl (C=O) groups is 1. The van der Waals surface area contributed by atoms with Gasteiger partial charge in [-0.15, -0.1) is 0 Å². The van der Waals surface area contributed by atoms with Crippen molar-refractivity contribution in [3.8, 4) is 11.5 Å². The fourth-order valence-corrected chi connectivity index (χ4v) is 1.35. The maximum absolute atomic E-state index is 13.3. The number of benzene rings is 2. The normalized spacial score (nSPS) is 10.1. The van der Waals surface area contributed by atoms with Gasteiger partial charge in [-0.2, -0.15) is 0 Å². The van der Waals surface area contributed by atoms with Crippen LogP contribution in [0.1, 0.15) is 10.4 Å². The maximum atomic E-state index is 13.3. The zero-order valence-electron chi connectivity index (χ0n) is 9.06. The molecule has 2 aromatic rings. The summed E-state index contributed by atoms with van der Waals surface area (Å²) in [6, 6.07) is 8.22. The van der Waals surface area contributed by atoms with Crippen LogP contribution in [0.15, 0.2) is 42.5 Å². The van der Waals surface area contributed by atoms with Crippen molar-refractivity contribution in [2.24, 2.45) is 0 Å². The Morgan fingerprint density at radius 2 is 1.72 bits per heavy atom. The van der Waals surface area contributed by atoms with Crippen molar-refractivity contribution in [3.05, 3.63) is 59.7 Å². The van der Waals surface area contributed by atoms with Crippen LogP contribution < -0.4 is 4.74 Å². The summed E-state index contributed by atoms with van der Waals surface area (Å²) < 4.78 is 31.3. The van der Waals surface area contributed by atoms with E-state index in [1.807, 2.05) is 0 Å². The molecule has 3 nitrogen and oxygen atoms in total. The highest BCUT2D eigenvalue weighted by atomic mass is 19.1. The first-order valence-electron chi connectivity index (χ1n) is 5.02. The zero-order chi connectivity index (χ0) is 13.1. The maximum Gasteiger partial charge on any atom is 0.335 e. The van der Waals surface area contributed by atoms with E-state index >= 15 is 0 Å². The summed E-state index contributed by atoms with van der Waals surface area (Å²) in [5, 5.41) is 8.70. The minimum atomic E-state index is -1.07. The van der Waals surface area contributed by atoms with Crippen LogP contribution >= 0.6 is 0 Å². The molecule has 0 atom stereocenters. The Balaban J connectivity index is 2.23. The summed E-state index contributed by atoms with van der Waals surface area (Å²) in [4.78, 5) is 10.6. The molecule has 0 saturated heterocycles. The molecule has 0 aliphatic rings. The van der Waals surface area contributed by atoms with E-state index in [4.69, 9.17) is 9.84 Å². The van der Waals surface area contributed by atoms with Crippen LogP contribution in [-0.4, -0.2) is 11.1 Å². The van der Waals surface area contributed by atoms with Gasteiger partial charge in [0.05, 0.1) is 5.56 Å². The Kier molecular flexibility index (Phi) is 3.23. The summed E-state index contributed by atoms with van der Waals surface area (Å²) >= 11 is 0. The first-order chi connectivity index (χ1) is 8.56. The lowest BCUT2D eigenvalue weighted by molar-refractivity contribution is 0.0697. The van der Waals surface area contributed by atoms with Crippen molar-refractivity contribution >= 4 is 5.97 Å². The van der Waals surface area contributed by atoms with Crippen LogP contribution in [0, 0.1) is 11.6 Å². The quantitative estimate of drug-likeness (QED) is 0.907. The van der Waals surface area contributed by atoms with Crippen molar-refractivity contribution < 1.29 is 23.4 Å². The smallest absolute Gasteiger partial charge is 0.335 e. The third-order valence-electron chi connectivity index (χ3n) is 2.22. The number of rotatable bonds is 3. The number of halogens is 2. The van der Waals surface area contributed by atoms with E-state index in [2.05, 4.69) is 0 Å². The third-order valence-corrected chi connectivity index (χ3v) is 2.22. The van der Waals surface area contributed by atoms with E-state index in [0.29, 0.717) is 0 Å².